The Morgan fingerprint density at radius 2 is 1.90 bits per heavy atom. The number of amides is 2. The van der Waals surface area contributed by atoms with Crippen LogP contribution in [-0.2, 0) is 21.2 Å². The first-order valence-electron chi connectivity index (χ1n) is 10.1. The molecule has 1 unspecified atom stereocenters. The lowest BCUT2D eigenvalue weighted by atomic mass is 10.0. The first kappa shape index (κ1) is 20.6. The molecule has 2 aliphatic rings. The van der Waals surface area contributed by atoms with Gasteiger partial charge in [0.2, 0.25) is 5.91 Å². The van der Waals surface area contributed by atoms with Gasteiger partial charge in [0.25, 0.3) is 5.91 Å². The molecule has 7 heteroatoms. The van der Waals surface area contributed by atoms with Crippen LogP contribution in [0.1, 0.15) is 51.5 Å². The van der Waals surface area contributed by atoms with Crippen molar-refractivity contribution in [3.63, 3.8) is 0 Å². The van der Waals surface area contributed by atoms with Crippen molar-refractivity contribution in [1.82, 2.24) is 4.90 Å². The smallest absolute Gasteiger partial charge is 0.257 e. The number of nitrogens with zero attached hydrogens (tertiary/aromatic N) is 1. The molecule has 0 bridgehead atoms. The Kier molecular flexibility index (Phi) is 5.18. The van der Waals surface area contributed by atoms with Crippen LogP contribution in [-0.4, -0.2) is 37.1 Å². The van der Waals surface area contributed by atoms with Gasteiger partial charge in [0, 0.05) is 18.7 Å². The van der Waals surface area contributed by atoms with Crippen molar-refractivity contribution in [3.05, 3.63) is 64.2 Å². The van der Waals surface area contributed by atoms with Gasteiger partial charge in [-0.15, -0.1) is 0 Å². The summed E-state index contributed by atoms with van der Waals surface area (Å²) in [7, 11) is -3.34. The summed E-state index contributed by atoms with van der Waals surface area (Å²) in [5.41, 5.74) is 4.73. The Hall–Kier alpha value is -2.67. The molecule has 1 saturated carbocycles. The van der Waals surface area contributed by atoms with E-state index in [4.69, 9.17) is 0 Å². The molecule has 0 spiro atoms. The number of anilines is 1. The summed E-state index contributed by atoms with van der Waals surface area (Å²) in [4.78, 5) is 27.3. The lowest BCUT2D eigenvalue weighted by Gasteiger charge is -2.28. The van der Waals surface area contributed by atoms with Crippen LogP contribution in [0.2, 0.25) is 0 Å². The van der Waals surface area contributed by atoms with Gasteiger partial charge < -0.3 is 10.2 Å². The number of hydrogen-bond acceptors (Lipinski definition) is 4. The molecule has 0 radical (unpaired) electrons. The fourth-order valence-corrected chi connectivity index (χ4v) is 4.89. The van der Waals surface area contributed by atoms with E-state index in [9.17, 15) is 18.0 Å². The average Bonchev–Trinajstić information content (AvgIpc) is 3.46. The van der Waals surface area contributed by atoms with Crippen LogP contribution in [0.4, 0.5) is 5.69 Å². The first-order valence-corrected chi connectivity index (χ1v) is 12.2. The number of sulfone groups is 1. The molecule has 1 fully saturated rings. The van der Waals surface area contributed by atoms with Crippen LogP contribution in [0, 0.1) is 19.8 Å². The first-order chi connectivity index (χ1) is 14.1. The van der Waals surface area contributed by atoms with E-state index in [1.807, 2.05) is 44.2 Å². The molecule has 6 nitrogen and oxygen atoms in total. The van der Waals surface area contributed by atoms with Gasteiger partial charge in [0.1, 0.15) is 9.84 Å². The SMILES string of the molecule is Cc1ccc(C(CS(C)(=O)=O)N2Cc3cccc(NC(=O)C4CC4)c3C2=O)cc1C. The molecule has 30 heavy (non-hydrogen) atoms. The van der Waals surface area contributed by atoms with Gasteiger partial charge in [0.15, 0.2) is 0 Å². The standard InChI is InChI=1S/C23H26N2O4S/c1-14-7-8-17(11-15(14)2)20(13-30(3,28)29)25-12-18-5-4-6-19(21(18)23(25)27)24-22(26)16-9-10-16/h4-8,11,16,20H,9-10,12-13H2,1-3H3,(H,24,26). The van der Waals surface area contributed by atoms with Crippen molar-refractivity contribution in [2.75, 3.05) is 17.3 Å². The minimum absolute atomic E-state index is 0.0296. The third-order valence-electron chi connectivity index (χ3n) is 5.92. The van der Waals surface area contributed by atoms with Gasteiger partial charge in [-0.2, -0.15) is 0 Å². The Bertz CT molecular complexity index is 1140. The molecule has 1 N–H and O–H groups in total. The van der Waals surface area contributed by atoms with Crippen molar-refractivity contribution >= 4 is 27.3 Å². The quantitative estimate of drug-likeness (QED) is 0.767. The highest BCUT2D eigenvalue weighted by molar-refractivity contribution is 7.90. The van der Waals surface area contributed by atoms with Crippen LogP contribution in [0.25, 0.3) is 0 Å². The molecule has 2 aromatic carbocycles. The minimum Gasteiger partial charge on any atom is -0.326 e. The highest BCUT2D eigenvalue weighted by Crippen LogP contribution is 2.37. The van der Waals surface area contributed by atoms with Crippen molar-refractivity contribution in [2.24, 2.45) is 5.92 Å². The second kappa shape index (κ2) is 7.54. The molecular weight excluding hydrogens is 400 g/mol. The molecule has 1 aliphatic carbocycles. The number of rotatable bonds is 6. The zero-order valence-electron chi connectivity index (χ0n) is 17.4. The number of fused-ring (bicyclic) bond motifs is 1. The summed E-state index contributed by atoms with van der Waals surface area (Å²) < 4.78 is 24.4. The topological polar surface area (TPSA) is 83.6 Å². The van der Waals surface area contributed by atoms with E-state index in [1.54, 1.807) is 11.0 Å². The fraction of sp³-hybridized carbons (Fsp3) is 0.391. The van der Waals surface area contributed by atoms with Crippen molar-refractivity contribution in [3.8, 4) is 0 Å². The Balaban J connectivity index is 1.70. The van der Waals surface area contributed by atoms with Crippen LogP contribution in [0.3, 0.4) is 0 Å². The van der Waals surface area contributed by atoms with E-state index < -0.39 is 15.9 Å². The van der Waals surface area contributed by atoms with E-state index in [0.29, 0.717) is 17.8 Å². The summed E-state index contributed by atoms with van der Waals surface area (Å²) in [5, 5.41) is 2.89. The fourth-order valence-electron chi connectivity index (χ4n) is 3.94. The molecule has 0 aromatic heterocycles. The van der Waals surface area contributed by atoms with Gasteiger partial charge in [-0.25, -0.2) is 8.42 Å². The zero-order valence-corrected chi connectivity index (χ0v) is 18.3. The van der Waals surface area contributed by atoms with Gasteiger partial charge in [-0.05, 0) is 55.0 Å². The Morgan fingerprint density at radius 3 is 2.53 bits per heavy atom. The molecular formula is C23H26N2O4S. The predicted molar refractivity (Wildman–Crippen MR) is 116 cm³/mol. The molecule has 2 aromatic rings. The lowest BCUT2D eigenvalue weighted by Crippen LogP contribution is -2.34. The van der Waals surface area contributed by atoms with Crippen LogP contribution >= 0.6 is 0 Å². The number of benzene rings is 2. The molecule has 158 valence electrons. The van der Waals surface area contributed by atoms with E-state index >= 15 is 0 Å². The number of carbonyl (C=O) groups excluding carboxylic acids is 2. The van der Waals surface area contributed by atoms with Crippen LogP contribution < -0.4 is 5.32 Å². The molecule has 1 aliphatic heterocycles. The third kappa shape index (κ3) is 4.12. The second-order valence-corrected chi connectivity index (χ2v) is 10.7. The zero-order chi connectivity index (χ0) is 21.6. The van der Waals surface area contributed by atoms with Gasteiger partial charge in [-0.1, -0.05) is 30.3 Å². The monoisotopic (exact) mass is 426 g/mol. The van der Waals surface area contributed by atoms with E-state index in [-0.39, 0.29) is 23.5 Å². The predicted octanol–water partition coefficient (Wildman–Crippen LogP) is 3.39. The summed E-state index contributed by atoms with van der Waals surface area (Å²) in [5.74, 6) is -0.430. The molecule has 4 rings (SSSR count). The van der Waals surface area contributed by atoms with Crippen molar-refractivity contribution in [2.45, 2.75) is 39.3 Å². The van der Waals surface area contributed by atoms with E-state index in [1.165, 1.54) is 6.26 Å². The van der Waals surface area contributed by atoms with Crippen molar-refractivity contribution in [1.29, 1.82) is 0 Å². The molecule has 0 saturated heterocycles. The minimum atomic E-state index is -3.34. The van der Waals surface area contributed by atoms with Crippen LogP contribution in [0.5, 0.6) is 0 Å². The highest BCUT2D eigenvalue weighted by Gasteiger charge is 2.38. The molecule has 1 heterocycles. The third-order valence-corrected chi connectivity index (χ3v) is 6.85. The molecule has 1 atom stereocenters. The highest BCUT2D eigenvalue weighted by atomic mass is 32.2. The van der Waals surface area contributed by atoms with Crippen molar-refractivity contribution < 1.29 is 18.0 Å². The number of nitrogens with one attached hydrogen (secondary N) is 1. The summed E-state index contributed by atoms with van der Waals surface area (Å²) in [6.07, 6.45) is 2.95. The number of hydrogen-bond donors (Lipinski definition) is 1. The number of carbonyl (C=O) groups is 2. The van der Waals surface area contributed by atoms with E-state index in [2.05, 4.69) is 5.32 Å². The summed E-state index contributed by atoms with van der Waals surface area (Å²) in [6, 6.07) is 10.6. The maximum Gasteiger partial charge on any atom is 0.257 e. The maximum absolute atomic E-state index is 13.4. The second-order valence-electron chi connectivity index (χ2n) is 8.49. The Labute approximate surface area is 177 Å². The normalized spacial score (nSPS) is 17.0. The lowest BCUT2D eigenvalue weighted by molar-refractivity contribution is -0.117. The van der Waals surface area contributed by atoms with Gasteiger partial charge >= 0.3 is 0 Å². The molecule has 2 amide bonds. The van der Waals surface area contributed by atoms with Crippen LogP contribution in [0.15, 0.2) is 36.4 Å². The van der Waals surface area contributed by atoms with Gasteiger partial charge in [-0.3, -0.25) is 9.59 Å². The Morgan fingerprint density at radius 1 is 1.17 bits per heavy atom. The largest absolute Gasteiger partial charge is 0.326 e. The maximum atomic E-state index is 13.4. The number of aryl methyl sites for hydroxylation is 2. The average molecular weight is 427 g/mol. The van der Waals surface area contributed by atoms with E-state index in [0.717, 1.165) is 35.1 Å². The summed E-state index contributed by atoms with van der Waals surface area (Å²) >= 11 is 0. The summed E-state index contributed by atoms with van der Waals surface area (Å²) in [6.45, 7) is 4.28. The van der Waals surface area contributed by atoms with Gasteiger partial charge in [0.05, 0.1) is 23.0 Å².